The molecule has 0 spiro atoms. The molecule has 2 aliphatic rings. The molecule has 1 N–H and O–H groups in total. The SMILES string of the molecule is COc1ccc2ncc(Cl)c([C@H](F)CCC3(CO)CCN(CCC4CCCCC4)CC3)c2c1. The molecular formula is C27H38ClFN2O2. The van der Waals surface area contributed by atoms with Crippen LogP contribution in [0.25, 0.3) is 10.9 Å². The first-order valence-electron chi connectivity index (χ1n) is 12.6. The molecule has 1 aromatic heterocycles. The molecule has 1 aliphatic carbocycles. The summed E-state index contributed by atoms with van der Waals surface area (Å²) in [7, 11) is 1.60. The normalized spacial score (nSPS) is 20.7. The number of hydrogen-bond donors (Lipinski definition) is 1. The maximum Gasteiger partial charge on any atom is 0.127 e. The summed E-state index contributed by atoms with van der Waals surface area (Å²) in [5.74, 6) is 1.56. The number of pyridine rings is 1. The summed E-state index contributed by atoms with van der Waals surface area (Å²) in [4.78, 5) is 6.89. The first-order chi connectivity index (χ1) is 16.0. The van der Waals surface area contributed by atoms with Crippen LogP contribution in [0, 0.1) is 11.3 Å². The molecule has 6 heteroatoms. The van der Waals surface area contributed by atoms with E-state index in [-0.39, 0.29) is 12.0 Å². The van der Waals surface area contributed by atoms with Crippen LogP contribution in [0.15, 0.2) is 24.4 Å². The molecule has 0 bridgehead atoms. The third-order valence-corrected chi connectivity index (χ3v) is 8.44. The van der Waals surface area contributed by atoms with Crippen LogP contribution in [0.1, 0.15) is 75.9 Å². The van der Waals surface area contributed by atoms with Gasteiger partial charge < -0.3 is 14.7 Å². The Hall–Kier alpha value is -1.43. The van der Waals surface area contributed by atoms with E-state index < -0.39 is 6.17 Å². The topological polar surface area (TPSA) is 45.6 Å². The highest BCUT2D eigenvalue weighted by Crippen LogP contribution is 2.42. The van der Waals surface area contributed by atoms with E-state index in [2.05, 4.69) is 9.88 Å². The number of hydrogen-bond acceptors (Lipinski definition) is 4. The predicted molar refractivity (Wildman–Crippen MR) is 133 cm³/mol. The molecule has 4 rings (SSSR count). The number of piperidine rings is 1. The summed E-state index contributed by atoms with van der Waals surface area (Å²) in [6.07, 6.45) is 11.5. The lowest BCUT2D eigenvalue weighted by atomic mass is 9.74. The van der Waals surface area contributed by atoms with E-state index in [0.29, 0.717) is 40.1 Å². The van der Waals surface area contributed by atoms with Crippen molar-refractivity contribution in [1.29, 1.82) is 0 Å². The highest BCUT2D eigenvalue weighted by Gasteiger charge is 2.35. The minimum absolute atomic E-state index is 0.120. The number of aromatic nitrogens is 1. The van der Waals surface area contributed by atoms with Crippen molar-refractivity contribution in [2.24, 2.45) is 11.3 Å². The van der Waals surface area contributed by atoms with Gasteiger partial charge in [0.05, 0.1) is 17.6 Å². The van der Waals surface area contributed by atoms with Crippen LogP contribution in [0.5, 0.6) is 5.75 Å². The van der Waals surface area contributed by atoms with E-state index >= 15 is 4.39 Å². The predicted octanol–water partition coefficient (Wildman–Crippen LogP) is 6.73. The molecule has 1 saturated carbocycles. The summed E-state index contributed by atoms with van der Waals surface area (Å²) < 4.78 is 20.9. The maximum atomic E-state index is 15.6. The molecule has 1 aromatic carbocycles. The highest BCUT2D eigenvalue weighted by atomic mass is 35.5. The molecule has 2 aromatic rings. The molecule has 0 amide bonds. The van der Waals surface area contributed by atoms with Crippen molar-refractivity contribution >= 4 is 22.5 Å². The van der Waals surface area contributed by atoms with E-state index in [4.69, 9.17) is 16.3 Å². The molecule has 0 unspecified atom stereocenters. The average molecular weight is 477 g/mol. The van der Waals surface area contributed by atoms with Gasteiger partial charge in [0, 0.05) is 23.8 Å². The van der Waals surface area contributed by atoms with Crippen LogP contribution in [-0.2, 0) is 0 Å². The summed E-state index contributed by atoms with van der Waals surface area (Å²) in [6, 6.07) is 5.46. The fraction of sp³-hybridized carbons (Fsp3) is 0.667. The van der Waals surface area contributed by atoms with Gasteiger partial charge >= 0.3 is 0 Å². The van der Waals surface area contributed by atoms with E-state index in [1.165, 1.54) is 51.3 Å². The zero-order valence-electron chi connectivity index (χ0n) is 19.9. The van der Waals surface area contributed by atoms with Crippen LogP contribution < -0.4 is 4.74 Å². The van der Waals surface area contributed by atoms with Crippen molar-refractivity contribution in [3.8, 4) is 5.75 Å². The molecule has 1 atom stereocenters. The number of nitrogens with zero attached hydrogens (tertiary/aromatic N) is 2. The third kappa shape index (κ3) is 5.98. The molecule has 1 saturated heterocycles. The quantitative estimate of drug-likeness (QED) is 0.435. The lowest BCUT2D eigenvalue weighted by molar-refractivity contribution is 0.0281. The molecular weight excluding hydrogens is 439 g/mol. The molecule has 0 radical (unpaired) electrons. The largest absolute Gasteiger partial charge is 0.497 e. The number of likely N-dealkylation sites (tertiary alicyclic amines) is 1. The molecule has 2 fully saturated rings. The lowest BCUT2D eigenvalue weighted by Crippen LogP contribution is -2.42. The Morgan fingerprint density at radius 3 is 2.70 bits per heavy atom. The van der Waals surface area contributed by atoms with Crippen LogP contribution in [0.4, 0.5) is 4.39 Å². The van der Waals surface area contributed by atoms with Gasteiger partial charge in [-0.05, 0) is 81.3 Å². The van der Waals surface area contributed by atoms with Gasteiger partial charge in [0.15, 0.2) is 0 Å². The Kier molecular flexibility index (Phi) is 8.48. The van der Waals surface area contributed by atoms with Crippen LogP contribution in [0.3, 0.4) is 0 Å². The van der Waals surface area contributed by atoms with Crippen molar-refractivity contribution in [3.63, 3.8) is 0 Å². The summed E-state index contributed by atoms with van der Waals surface area (Å²) >= 11 is 6.40. The van der Waals surface area contributed by atoms with E-state index in [1.54, 1.807) is 7.11 Å². The fourth-order valence-electron chi connectivity index (χ4n) is 5.77. The van der Waals surface area contributed by atoms with Gasteiger partial charge in [-0.2, -0.15) is 0 Å². The number of aliphatic hydroxyl groups is 1. The van der Waals surface area contributed by atoms with E-state index in [9.17, 15) is 5.11 Å². The summed E-state index contributed by atoms with van der Waals surface area (Å²) in [5.41, 5.74) is 0.998. The molecule has 4 nitrogen and oxygen atoms in total. The zero-order valence-corrected chi connectivity index (χ0v) is 20.6. The second-order valence-electron chi connectivity index (χ2n) is 10.2. The average Bonchev–Trinajstić information content (AvgIpc) is 2.87. The monoisotopic (exact) mass is 476 g/mol. The maximum absolute atomic E-state index is 15.6. The zero-order chi connectivity index (χ0) is 23.3. The van der Waals surface area contributed by atoms with E-state index in [1.807, 2.05) is 18.2 Å². The summed E-state index contributed by atoms with van der Waals surface area (Å²) in [6.45, 7) is 3.29. The number of ether oxygens (including phenoxy) is 1. The Bertz CT molecular complexity index is 910. The lowest BCUT2D eigenvalue weighted by Gasteiger charge is -2.41. The number of fused-ring (bicyclic) bond motifs is 1. The standard InChI is InChI=1S/C27H38ClFN2O2/c1-33-21-7-8-25-22(17-21)26(23(28)18-30-25)24(29)9-11-27(19-32)12-15-31(16-13-27)14-10-20-5-3-2-4-6-20/h7-8,17-18,20,24,32H,2-6,9-16,19H2,1H3/t24-/m1/s1. The number of alkyl halides is 1. The second-order valence-corrected chi connectivity index (χ2v) is 10.6. The van der Waals surface area contributed by atoms with Crippen molar-refractivity contribution in [1.82, 2.24) is 9.88 Å². The van der Waals surface area contributed by atoms with Gasteiger partial charge in [-0.25, -0.2) is 4.39 Å². The third-order valence-electron chi connectivity index (χ3n) is 8.14. The van der Waals surface area contributed by atoms with Crippen molar-refractivity contribution < 1.29 is 14.2 Å². The minimum atomic E-state index is -1.21. The number of aliphatic hydroxyl groups excluding tert-OH is 1. The number of halogens is 2. The number of methoxy groups -OCH3 is 1. The molecule has 33 heavy (non-hydrogen) atoms. The van der Waals surface area contributed by atoms with Gasteiger partial charge in [0.1, 0.15) is 11.9 Å². The minimum Gasteiger partial charge on any atom is -0.497 e. The number of rotatable bonds is 9. The van der Waals surface area contributed by atoms with Crippen molar-refractivity contribution in [2.45, 2.75) is 70.4 Å². The fourth-order valence-corrected chi connectivity index (χ4v) is 6.04. The van der Waals surface area contributed by atoms with Gasteiger partial charge in [0.25, 0.3) is 0 Å². The molecule has 182 valence electrons. The second kappa shape index (κ2) is 11.3. The summed E-state index contributed by atoms with van der Waals surface area (Å²) in [5, 5.41) is 11.3. The highest BCUT2D eigenvalue weighted by molar-refractivity contribution is 6.32. The van der Waals surface area contributed by atoms with Crippen LogP contribution >= 0.6 is 11.6 Å². The molecule has 2 heterocycles. The van der Waals surface area contributed by atoms with E-state index in [0.717, 1.165) is 31.8 Å². The number of benzene rings is 1. The Morgan fingerprint density at radius 2 is 2.00 bits per heavy atom. The van der Waals surface area contributed by atoms with Gasteiger partial charge in [-0.1, -0.05) is 43.7 Å². The Morgan fingerprint density at radius 1 is 1.24 bits per heavy atom. The van der Waals surface area contributed by atoms with Gasteiger partial charge in [0.2, 0.25) is 0 Å². The van der Waals surface area contributed by atoms with Gasteiger partial charge in [-0.3, -0.25) is 4.98 Å². The van der Waals surface area contributed by atoms with Gasteiger partial charge in [-0.15, -0.1) is 0 Å². The van der Waals surface area contributed by atoms with Crippen molar-refractivity contribution in [2.75, 3.05) is 33.4 Å². The molecule has 1 aliphatic heterocycles. The van der Waals surface area contributed by atoms with Crippen LogP contribution in [-0.4, -0.2) is 48.3 Å². The van der Waals surface area contributed by atoms with Crippen LogP contribution in [0.2, 0.25) is 5.02 Å². The van der Waals surface area contributed by atoms with Crippen molar-refractivity contribution in [3.05, 3.63) is 35.0 Å². The first kappa shape index (κ1) is 24.7. The Labute approximate surface area is 202 Å². The first-order valence-corrected chi connectivity index (χ1v) is 13.0. The Balaban J connectivity index is 1.35. The smallest absolute Gasteiger partial charge is 0.127 e.